The van der Waals surface area contributed by atoms with Crippen LogP contribution in [0.5, 0.6) is 5.75 Å². The molecule has 0 aromatic heterocycles. The fourth-order valence-corrected chi connectivity index (χ4v) is 1.88. The summed E-state index contributed by atoms with van der Waals surface area (Å²) in [4.78, 5) is 20.8. The molecular weight excluding hydrogens is 274 g/mol. The largest absolute Gasteiger partial charge is 0.493 e. The number of hydrogen-bond acceptors (Lipinski definition) is 4. The summed E-state index contributed by atoms with van der Waals surface area (Å²) < 4.78 is 5.65. The molecule has 1 unspecified atom stereocenters. The first kappa shape index (κ1) is 16.7. The Morgan fingerprint density at radius 2 is 2.24 bits per heavy atom. The van der Waals surface area contributed by atoms with Crippen LogP contribution in [0.3, 0.4) is 0 Å². The number of carboxylic acid groups (broad SMARTS) is 1. The van der Waals surface area contributed by atoms with Crippen LogP contribution >= 0.6 is 0 Å². The molecule has 114 valence electrons. The lowest BCUT2D eigenvalue weighted by Gasteiger charge is -2.13. The zero-order valence-electron chi connectivity index (χ0n) is 12.1. The van der Waals surface area contributed by atoms with Crippen LogP contribution in [0.2, 0.25) is 0 Å². The Hall–Kier alpha value is -2.37. The molecule has 1 aromatic rings. The van der Waals surface area contributed by atoms with Gasteiger partial charge in [0.1, 0.15) is 5.75 Å². The van der Waals surface area contributed by atoms with E-state index in [2.05, 4.69) is 13.8 Å². The van der Waals surface area contributed by atoms with Crippen molar-refractivity contribution in [3.05, 3.63) is 40.0 Å². The highest BCUT2D eigenvalue weighted by Gasteiger charge is 2.11. The number of carboxylic acids is 1. The molecule has 1 atom stereocenters. The van der Waals surface area contributed by atoms with Crippen LogP contribution in [0.15, 0.2) is 24.3 Å². The maximum Gasteiger partial charge on any atom is 0.328 e. The second kappa shape index (κ2) is 8.04. The van der Waals surface area contributed by atoms with Crippen molar-refractivity contribution in [3.8, 4) is 5.75 Å². The Morgan fingerprint density at radius 1 is 1.52 bits per heavy atom. The molecule has 0 bridgehead atoms. The summed E-state index contributed by atoms with van der Waals surface area (Å²) in [6, 6.07) is 4.15. The number of nitro groups is 1. The van der Waals surface area contributed by atoms with Crippen LogP contribution in [-0.4, -0.2) is 22.6 Å². The highest BCUT2D eigenvalue weighted by atomic mass is 16.6. The van der Waals surface area contributed by atoms with Crippen molar-refractivity contribution in [1.82, 2.24) is 0 Å². The normalized spacial score (nSPS) is 12.3. The van der Waals surface area contributed by atoms with E-state index in [1.54, 1.807) is 0 Å². The summed E-state index contributed by atoms with van der Waals surface area (Å²) in [7, 11) is 0. The first-order valence-electron chi connectivity index (χ1n) is 6.76. The zero-order valence-corrected chi connectivity index (χ0v) is 12.1. The summed E-state index contributed by atoms with van der Waals surface area (Å²) in [6.07, 6.45) is 4.31. The highest BCUT2D eigenvalue weighted by Crippen LogP contribution is 2.26. The predicted molar refractivity (Wildman–Crippen MR) is 79.3 cm³/mol. The van der Waals surface area contributed by atoms with Crippen molar-refractivity contribution >= 4 is 17.7 Å². The summed E-state index contributed by atoms with van der Waals surface area (Å²) in [5, 5.41) is 19.4. The molecule has 0 aliphatic carbocycles. The number of non-ortho nitro benzene ring substituents is 1. The fraction of sp³-hybridized carbons (Fsp3) is 0.400. The first-order chi connectivity index (χ1) is 9.93. The molecule has 0 radical (unpaired) electrons. The molecule has 6 heteroatoms. The average molecular weight is 293 g/mol. The SMILES string of the molecule is CCCC(C)COc1ccc([N+](=O)[O-])cc1C=CC(=O)O. The zero-order chi connectivity index (χ0) is 15.8. The topological polar surface area (TPSA) is 89.7 Å². The molecule has 1 rings (SSSR count). The Balaban J connectivity index is 2.95. The van der Waals surface area contributed by atoms with Crippen LogP contribution in [0.4, 0.5) is 5.69 Å². The summed E-state index contributed by atoms with van der Waals surface area (Å²) >= 11 is 0. The van der Waals surface area contributed by atoms with Crippen molar-refractivity contribution < 1.29 is 19.6 Å². The van der Waals surface area contributed by atoms with E-state index >= 15 is 0 Å². The van der Waals surface area contributed by atoms with Gasteiger partial charge in [0.2, 0.25) is 0 Å². The molecule has 0 spiro atoms. The molecule has 1 N–H and O–H groups in total. The van der Waals surface area contributed by atoms with Crippen LogP contribution in [-0.2, 0) is 4.79 Å². The minimum absolute atomic E-state index is 0.103. The van der Waals surface area contributed by atoms with E-state index in [1.807, 2.05) is 0 Å². The molecular formula is C15H19NO5. The van der Waals surface area contributed by atoms with Gasteiger partial charge in [-0.25, -0.2) is 4.79 Å². The number of ether oxygens (including phenoxy) is 1. The summed E-state index contributed by atoms with van der Waals surface area (Å²) in [5.74, 6) is -0.311. The van der Waals surface area contributed by atoms with Crippen LogP contribution in [0.25, 0.3) is 6.08 Å². The molecule has 0 fully saturated rings. The van der Waals surface area contributed by atoms with Gasteiger partial charge in [-0.05, 0) is 24.5 Å². The molecule has 1 aromatic carbocycles. The lowest BCUT2D eigenvalue weighted by Crippen LogP contribution is -2.09. The van der Waals surface area contributed by atoms with Crippen molar-refractivity contribution in [2.24, 2.45) is 5.92 Å². The van der Waals surface area contributed by atoms with Gasteiger partial charge < -0.3 is 9.84 Å². The Bertz CT molecular complexity index is 539. The number of nitro benzene ring substituents is 1. The number of rotatable bonds is 8. The fourth-order valence-electron chi connectivity index (χ4n) is 1.88. The van der Waals surface area contributed by atoms with Crippen molar-refractivity contribution in [3.63, 3.8) is 0 Å². The van der Waals surface area contributed by atoms with Gasteiger partial charge in [0, 0.05) is 23.8 Å². The van der Waals surface area contributed by atoms with Crippen LogP contribution in [0, 0.1) is 16.0 Å². The molecule has 6 nitrogen and oxygen atoms in total. The quantitative estimate of drug-likeness (QED) is 0.450. The number of carbonyl (C=O) groups is 1. The third kappa shape index (κ3) is 5.64. The number of nitrogens with zero attached hydrogens (tertiary/aromatic N) is 1. The number of benzene rings is 1. The number of hydrogen-bond donors (Lipinski definition) is 1. The van der Waals surface area contributed by atoms with Gasteiger partial charge in [-0.15, -0.1) is 0 Å². The van der Waals surface area contributed by atoms with Gasteiger partial charge in [0.15, 0.2) is 0 Å². The highest BCUT2D eigenvalue weighted by molar-refractivity contribution is 5.86. The monoisotopic (exact) mass is 293 g/mol. The van der Waals surface area contributed by atoms with Crippen molar-refractivity contribution in [2.45, 2.75) is 26.7 Å². The lowest BCUT2D eigenvalue weighted by molar-refractivity contribution is -0.384. The maximum absolute atomic E-state index is 10.8. The van der Waals surface area contributed by atoms with Gasteiger partial charge in [0.25, 0.3) is 5.69 Å². The molecule has 0 aliphatic rings. The lowest BCUT2D eigenvalue weighted by atomic mass is 10.1. The Kier molecular flexibility index (Phi) is 6.39. The smallest absolute Gasteiger partial charge is 0.328 e. The molecule has 0 aliphatic heterocycles. The van der Waals surface area contributed by atoms with Gasteiger partial charge >= 0.3 is 5.97 Å². The van der Waals surface area contributed by atoms with E-state index < -0.39 is 10.9 Å². The van der Waals surface area contributed by atoms with E-state index in [9.17, 15) is 14.9 Å². The van der Waals surface area contributed by atoms with E-state index in [0.717, 1.165) is 18.9 Å². The molecule has 0 saturated carbocycles. The number of aliphatic carboxylic acids is 1. The molecule has 0 amide bonds. The first-order valence-corrected chi connectivity index (χ1v) is 6.76. The van der Waals surface area contributed by atoms with E-state index in [1.165, 1.54) is 24.3 Å². The second-order valence-corrected chi connectivity index (χ2v) is 4.86. The molecule has 0 heterocycles. The van der Waals surface area contributed by atoms with Gasteiger partial charge in [-0.1, -0.05) is 20.3 Å². The maximum atomic E-state index is 10.8. The molecule has 21 heavy (non-hydrogen) atoms. The van der Waals surface area contributed by atoms with Crippen molar-refractivity contribution in [2.75, 3.05) is 6.61 Å². The van der Waals surface area contributed by atoms with Crippen LogP contribution < -0.4 is 4.74 Å². The van der Waals surface area contributed by atoms with Gasteiger partial charge in [-0.2, -0.15) is 0 Å². The molecule has 0 saturated heterocycles. The van der Waals surface area contributed by atoms with Gasteiger partial charge in [-0.3, -0.25) is 10.1 Å². The Labute approximate surface area is 123 Å². The third-order valence-corrected chi connectivity index (χ3v) is 2.91. The summed E-state index contributed by atoms with van der Waals surface area (Å²) in [6.45, 7) is 4.63. The minimum Gasteiger partial charge on any atom is -0.493 e. The van der Waals surface area contributed by atoms with E-state index in [0.29, 0.717) is 23.8 Å². The predicted octanol–water partition coefficient (Wildman–Crippen LogP) is 3.51. The van der Waals surface area contributed by atoms with E-state index in [-0.39, 0.29) is 5.69 Å². The average Bonchev–Trinajstić information content (AvgIpc) is 2.43. The second-order valence-electron chi connectivity index (χ2n) is 4.86. The van der Waals surface area contributed by atoms with Crippen LogP contribution in [0.1, 0.15) is 32.3 Å². The summed E-state index contributed by atoms with van der Waals surface area (Å²) in [5.41, 5.74) is 0.282. The van der Waals surface area contributed by atoms with Gasteiger partial charge in [0.05, 0.1) is 11.5 Å². The third-order valence-electron chi connectivity index (χ3n) is 2.91. The standard InChI is InChI=1S/C15H19NO5/c1-3-4-11(2)10-21-14-7-6-13(16(19)20)9-12(14)5-8-15(17)18/h5-9,11H,3-4,10H2,1-2H3,(H,17,18). The minimum atomic E-state index is -1.12. The van der Waals surface area contributed by atoms with E-state index in [4.69, 9.17) is 9.84 Å². The van der Waals surface area contributed by atoms with Crippen molar-refractivity contribution in [1.29, 1.82) is 0 Å². The Morgan fingerprint density at radius 3 is 2.81 bits per heavy atom.